The van der Waals surface area contributed by atoms with Crippen LogP contribution in [0.5, 0.6) is 5.75 Å². The van der Waals surface area contributed by atoms with Gasteiger partial charge in [-0.15, -0.1) is 0 Å². The Balaban J connectivity index is 1.67. The van der Waals surface area contributed by atoms with Crippen molar-refractivity contribution in [1.82, 2.24) is 5.32 Å². The highest BCUT2D eigenvalue weighted by Gasteiger charge is 2.29. The topological polar surface area (TPSA) is 58.6 Å². The van der Waals surface area contributed by atoms with Gasteiger partial charge in [0.2, 0.25) is 5.91 Å². The standard InChI is InChI=1S/C17H22N2O3/c1-12-6-2-3-7-13(12)18-16(20)10-19-14-8-4-5-9-15(14)22-11-17(19)21/h4-5,8-9,12-13H,2-3,6-7,10-11H2,1H3,(H,18,20)/t12-,13-/m0/s1. The first kappa shape index (κ1) is 14.9. The zero-order valence-electron chi connectivity index (χ0n) is 12.9. The molecule has 0 saturated heterocycles. The Hall–Kier alpha value is -2.04. The Morgan fingerprint density at radius 1 is 1.32 bits per heavy atom. The largest absolute Gasteiger partial charge is 0.482 e. The molecule has 0 aromatic heterocycles. The lowest BCUT2D eigenvalue weighted by Gasteiger charge is -2.32. The van der Waals surface area contributed by atoms with E-state index >= 15 is 0 Å². The van der Waals surface area contributed by atoms with Crippen molar-refractivity contribution in [2.24, 2.45) is 5.92 Å². The third kappa shape index (κ3) is 3.08. The number of benzene rings is 1. The summed E-state index contributed by atoms with van der Waals surface area (Å²) < 4.78 is 5.39. The van der Waals surface area contributed by atoms with Gasteiger partial charge in [0.05, 0.1) is 5.69 Å². The van der Waals surface area contributed by atoms with Crippen molar-refractivity contribution in [3.63, 3.8) is 0 Å². The van der Waals surface area contributed by atoms with E-state index in [2.05, 4.69) is 12.2 Å². The molecule has 0 unspecified atom stereocenters. The van der Waals surface area contributed by atoms with Crippen LogP contribution in [0.4, 0.5) is 5.69 Å². The van der Waals surface area contributed by atoms with Gasteiger partial charge in [0.25, 0.3) is 5.91 Å². The van der Waals surface area contributed by atoms with E-state index in [0.29, 0.717) is 17.4 Å². The summed E-state index contributed by atoms with van der Waals surface area (Å²) in [5.74, 6) is 0.889. The summed E-state index contributed by atoms with van der Waals surface area (Å²) in [7, 11) is 0. The Morgan fingerprint density at radius 2 is 2.09 bits per heavy atom. The number of hydrogen-bond donors (Lipinski definition) is 1. The van der Waals surface area contributed by atoms with Crippen LogP contribution < -0.4 is 15.0 Å². The fraction of sp³-hybridized carbons (Fsp3) is 0.529. The Bertz CT molecular complexity index is 573. The summed E-state index contributed by atoms with van der Waals surface area (Å²) in [6.07, 6.45) is 4.59. The van der Waals surface area contributed by atoms with Crippen LogP contribution in [0.15, 0.2) is 24.3 Å². The second-order valence-electron chi connectivity index (χ2n) is 6.17. The van der Waals surface area contributed by atoms with Crippen molar-refractivity contribution in [3.05, 3.63) is 24.3 Å². The number of nitrogens with one attached hydrogen (secondary N) is 1. The molecule has 0 spiro atoms. The molecule has 1 fully saturated rings. The maximum Gasteiger partial charge on any atom is 0.265 e. The molecule has 5 nitrogen and oxygen atoms in total. The highest BCUT2D eigenvalue weighted by molar-refractivity contribution is 6.02. The molecule has 1 aromatic carbocycles. The van der Waals surface area contributed by atoms with Crippen LogP contribution in [0.25, 0.3) is 0 Å². The van der Waals surface area contributed by atoms with Crippen LogP contribution >= 0.6 is 0 Å². The minimum Gasteiger partial charge on any atom is -0.482 e. The molecule has 3 rings (SSSR count). The summed E-state index contributed by atoms with van der Waals surface area (Å²) in [5, 5.41) is 3.09. The van der Waals surface area contributed by atoms with E-state index < -0.39 is 0 Å². The summed E-state index contributed by atoms with van der Waals surface area (Å²) >= 11 is 0. The smallest absolute Gasteiger partial charge is 0.265 e. The van der Waals surface area contributed by atoms with Gasteiger partial charge in [-0.1, -0.05) is 31.9 Å². The molecule has 2 atom stereocenters. The van der Waals surface area contributed by atoms with E-state index in [9.17, 15) is 9.59 Å². The van der Waals surface area contributed by atoms with Crippen molar-refractivity contribution in [3.8, 4) is 5.75 Å². The maximum atomic E-state index is 12.3. The molecule has 118 valence electrons. The monoisotopic (exact) mass is 302 g/mol. The van der Waals surface area contributed by atoms with Crippen LogP contribution in [0.2, 0.25) is 0 Å². The quantitative estimate of drug-likeness (QED) is 0.930. The molecule has 1 saturated carbocycles. The molecule has 1 aliphatic heterocycles. The number of fused-ring (bicyclic) bond motifs is 1. The Labute approximate surface area is 130 Å². The van der Waals surface area contributed by atoms with Gasteiger partial charge in [-0.25, -0.2) is 0 Å². The average molecular weight is 302 g/mol. The van der Waals surface area contributed by atoms with Gasteiger partial charge in [-0.2, -0.15) is 0 Å². The molecule has 0 radical (unpaired) electrons. The molecular formula is C17H22N2O3. The van der Waals surface area contributed by atoms with Gasteiger partial charge in [-0.05, 0) is 30.9 Å². The van der Waals surface area contributed by atoms with E-state index in [0.717, 1.165) is 19.3 Å². The first-order valence-electron chi connectivity index (χ1n) is 7.96. The molecule has 1 N–H and O–H groups in total. The molecule has 5 heteroatoms. The molecule has 1 aromatic rings. The number of nitrogens with zero attached hydrogens (tertiary/aromatic N) is 1. The summed E-state index contributed by atoms with van der Waals surface area (Å²) in [5.41, 5.74) is 0.672. The summed E-state index contributed by atoms with van der Waals surface area (Å²) in [6.45, 7) is 2.23. The zero-order chi connectivity index (χ0) is 15.5. The van der Waals surface area contributed by atoms with Crippen molar-refractivity contribution >= 4 is 17.5 Å². The number of rotatable bonds is 3. The second-order valence-corrected chi connectivity index (χ2v) is 6.17. The van der Waals surface area contributed by atoms with Crippen LogP contribution in [-0.2, 0) is 9.59 Å². The van der Waals surface area contributed by atoms with Crippen LogP contribution in [0.1, 0.15) is 32.6 Å². The number of ether oxygens (including phenoxy) is 1. The second kappa shape index (κ2) is 6.38. The van der Waals surface area contributed by atoms with Crippen LogP contribution in [-0.4, -0.2) is 31.0 Å². The summed E-state index contributed by atoms with van der Waals surface area (Å²) in [6, 6.07) is 7.55. The fourth-order valence-corrected chi connectivity index (χ4v) is 3.25. The van der Waals surface area contributed by atoms with Crippen molar-refractivity contribution in [1.29, 1.82) is 0 Å². The van der Waals surface area contributed by atoms with Gasteiger partial charge in [0.1, 0.15) is 12.3 Å². The van der Waals surface area contributed by atoms with Gasteiger partial charge >= 0.3 is 0 Å². The minimum absolute atomic E-state index is 0.00980. The van der Waals surface area contributed by atoms with Crippen molar-refractivity contribution in [2.45, 2.75) is 38.6 Å². The van der Waals surface area contributed by atoms with E-state index in [1.54, 1.807) is 0 Å². The SMILES string of the molecule is C[C@H]1CCCC[C@@H]1NC(=O)CN1C(=O)COc2ccccc21. The number of carbonyl (C=O) groups is 2. The van der Waals surface area contributed by atoms with Crippen molar-refractivity contribution in [2.75, 3.05) is 18.1 Å². The molecule has 2 aliphatic rings. The molecule has 0 bridgehead atoms. The normalized spacial score (nSPS) is 24.4. The lowest BCUT2D eigenvalue weighted by atomic mass is 9.86. The molecule has 1 heterocycles. The van der Waals surface area contributed by atoms with E-state index in [4.69, 9.17) is 4.74 Å². The Kier molecular flexibility index (Phi) is 4.32. The van der Waals surface area contributed by atoms with E-state index in [1.165, 1.54) is 11.3 Å². The lowest BCUT2D eigenvalue weighted by Crippen LogP contribution is -2.49. The molecule has 2 amide bonds. The first-order valence-corrected chi connectivity index (χ1v) is 7.96. The number of para-hydroxylation sites is 2. The average Bonchev–Trinajstić information content (AvgIpc) is 2.52. The third-order valence-electron chi connectivity index (χ3n) is 4.57. The predicted molar refractivity (Wildman–Crippen MR) is 83.9 cm³/mol. The van der Waals surface area contributed by atoms with Gasteiger partial charge in [0, 0.05) is 6.04 Å². The number of anilines is 1. The lowest BCUT2D eigenvalue weighted by molar-refractivity contribution is -0.126. The van der Waals surface area contributed by atoms with Crippen LogP contribution in [0.3, 0.4) is 0 Å². The first-order chi connectivity index (χ1) is 10.6. The number of amides is 2. The highest BCUT2D eigenvalue weighted by atomic mass is 16.5. The fourth-order valence-electron chi connectivity index (χ4n) is 3.25. The molecule has 22 heavy (non-hydrogen) atoms. The van der Waals surface area contributed by atoms with Gasteiger partial charge in [-0.3, -0.25) is 14.5 Å². The molecule has 1 aliphatic carbocycles. The van der Waals surface area contributed by atoms with Crippen LogP contribution in [0, 0.1) is 5.92 Å². The number of hydrogen-bond acceptors (Lipinski definition) is 3. The van der Waals surface area contributed by atoms with Crippen molar-refractivity contribution < 1.29 is 14.3 Å². The predicted octanol–water partition coefficient (Wildman–Crippen LogP) is 2.11. The zero-order valence-corrected chi connectivity index (χ0v) is 12.9. The van der Waals surface area contributed by atoms with Gasteiger partial charge in [0.15, 0.2) is 6.61 Å². The van der Waals surface area contributed by atoms with E-state index in [-0.39, 0.29) is 31.0 Å². The Morgan fingerprint density at radius 3 is 2.91 bits per heavy atom. The minimum atomic E-state index is -0.175. The van der Waals surface area contributed by atoms with Gasteiger partial charge < -0.3 is 10.1 Å². The van der Waals surface area contributed by atoms with E-state index in [1.807, 2.05) is 24.3 Å². The summed E-state index contributed by atoms with van der Waals surface area (Å²) in [4.78, 5) is 25.9. The third-order valence-corrected chi connectivity index (χ3v) is 4.57. The number of carbonyl (C=O) groups excluding carboxylic acids is 2. The highest BCUT2D eigenvalue weighted by Crippen LogP contribution is 2.31. The maximum absolute atomic E-state index is 12.3. The molecular weight excluding hydrogens is 280 g/mol.